The number of amides is 4. The maximum Gasteiger partial charge on any atom is 0.250 e. The number of primary amides is 1. The quantitative estimate of drug-likeness (QED) is 0.637. The molecule has 0 bridgehead atoms. The number of hydrogen-bond acceptors (Lipinski definition) is 5. The lowest BCUT2D eigenvalue weighted by Crippen LogP contribution is -2.54. The van der Waals surface area contributed by atoms with Gasteiger partial charge in [0.2, 0.25) is 23.6 Å². The zero-order valence-electron chi connectivity index (χ0n) is 15.9. The van der Waals surface area contributed by atoms with E-state index in [2.05, 4.69) is 10.6 Å². The lowest BCUT2D eigenvalue weighted by molar-refractivity contribution is -0.145. The van der Waals surface area contributed by atoms with Gasteiger partial charge in [-0.3, -0.25) is 29.4 Å². The second-order valence-electron chi connectivity index (χ2n) is 7.87. The number of nitrogens with zero attached hydrogens (tertiary/aromatic N) is 1. The normalized spacial score (nSPS) is 31.9. The van der Waals surface area contributed by atoms with E-state index in [9.17, 15) is 19.2 Å². The molecule has 8 nitrogen and oxygen atoms in total. The number of nitrogens with two attached hydrogens (primary N) is 1. The summed E-state index contributed by atoms with van der Waals surface area (Å²) >= 11 is 0. The summed E-state index contributed by atoms with van der Waals surface area (Å²) in [7, 11) is 0. The molecular weight excluding hydrogens is 360 g/mol. The van der Waals surface area contributed by atoms with Gasteiger partial charge >= 0.3 is 0 Å². The van der Waals surface area contributed by atoms with Gasteiger partial charge in [0.25, 0.3) is 0 Å². The Morgan fingerprint density at radius 3 is 2.64 bits per heavy atom. The van der Waals surface area contributed by atoms with Crippen LogP contribution in [0, 0.1) is 11.8 Å². The van der Waals surface area contributed by atoms with Crippen LogP contribution in [-0.2, 0) is 24.7 Å². The molecule has 5 atom stereocenters. The third-order valence-electron chi connectivity index (χ3n) is 6.39. The average molecular weight is 384 g/mol. The van der Waals surface area contributed by atoms with Gasteiger partial charge in [0.1, 0.15) is 5.54 Å². The van der Waals surface area contributed by atoms with Crippen LogP contribution in [0.15, 0.2) is 24.3 Å². The molecule has 148 valence electrons. The van der Waals surface area contributed by atoms with E-state index in [1.807, 2.05) is 26.0 Å². The van der Waals surface area contributed by atoms with Crippen LogP contribution in [0.4, 0.5) is 5.69 Å². The Balaban J connectivity index is 1.83. The highest BCUT2D eigenvalue weighted by Crippen LogP contribution is 2.53. The Morgan fingerprint density at radius 1 is 1.25 bits per heavy atom. The molecule has 1 aromatic rings. The molecule has 2 saturated heterocycles. The fourth-order valence-corrected chi connectivity index (χ4v) is 4.94. The van der Waals surface area contributed by atoms with E-state index in [1.165, 1.54) is 4.90 Å². The second kappa shape index (κ2) is 6.41. The van der Waals surface area contributed by atoms with Crippen LogP contribution in [0.25, 0.3) is 0 Å². The number of likely N-dealkylation sites (tertiary alicyclic amines) is 1. The molecule has 4 N–H and O–H groups in total. The summed E-state index contributed by atoms with van der Waals surface area (Å²) < 4.78 is 0. The smallest absolute Gasteiger partial charge is 0.250 e. The minimum atomic E-state index is -1.31. The highest BCUT2D eigenvalue weighted by atomic mass is 16.2. The van der Waals surface area contributed by atoms with Crippen molar-refractivity contribution in [2.75, 3.05) is 5.32 Å². The maximum atomic E-state index is 13.4. The number of carbonyl (C=O) groups is 4. The number of imide groups is 1. The van der Waals surface area contributed by atoms with Crippen molar-refractivity contribution in [2.45, 2.75) is 50.7 Å². The Kier molecular flexibility index (Phi) is 4.26. The zero-order chi connectivity index (χ0) is 20.2. The van der Waals surface area contributed by atoms with Gasteiger partial charge in [0, 0.05) is 29.8 Å². The fraction of sp³-hybridized carbons (Fsp3) is 0.500. The summed E-state index contributed by atoms with van der Waals surface area (Å²) in [6, 6.07) is 6.46. The highest BCUT2D eigenvalue weighted by molar-refractivity contribution is 6.15. The Hall–Kier alpha value is -2.74. The van der Waals surface area contributed by atoms with Gasteiger partial charge in [-0.2, -0.15) is 0 Å². The van der Waals surface area contributed by atoms with Crippen LogP contribution in [0.3, 0.4) is 0 Å². The minimum Gasteiger partial charge on any atom is -0.370 e. The van der Waals surface area contributed by atoms with Crippen molar-refractivity contribution in [3.05, 3.63) is 29.8 Å². The first-order valence-electron chi connectivity index (χ1n) is 9.66. The molecule has 0 saturated carbocycles. The number of nitrogens with one attached hydrogen (secondary N) is 2. The van der Waals surface area contributed by atoms with Gasteiger partial charge in [-0.1, -0.05) is 25.1 Å². The first-order chi connectivity index (χ1) is 13.3. The molecule has 1 spiro atoms. The third kappa shape index (κ3) is 2.33. The van der Waals surface area contributed by atoms with Crippen LogP contribution < -0.4 is 16.4 Å². The fourth-order valence-electron chi connectivity index (χ4n) is 4.94. The maximum absolute atomic E-state index is 13.4. The third-order valence-corrected chi connectivity index (χ3v) is 6.39. The minimum absolute atomic E-state index is 0.0744. The monoisotopic (exact) mass is 384 g/mol. The van der Waals surface area contributed by atoms with Gasteiger partial charge < -0.3 is 11.1 Å². The number of carbonyl (C=O) groups excluding carboxylic acids is 4. The zero-order valence-corrected chi connectivity index (χ0v) is 15.9. The summed E-state index contributed by atoms with van der Waals surface area (Å²) in [5.74, 6) is -2.96. The molecule has 3 aliphatic heterocycles. The summed E-state index contributed by atoms with van der Waals surface area (Å²) in [5.41, 5.74) is 5.31. The summed E-state index contributed by atoms with van der Waals surface area (Å²) in [4.78, 5) is 52.4. The molecule has 4 rings (SSSR count). The van der Waals surface area contributed by atoms with E-state index in [0.29, 0.717) is 24.1 Å². The standard InChI is InChI=1S/C20H24N4O4/c1-3-10(2)24-17(26)15-13(8-9-14(21)25)23-20(16(15)18(24)27)11-6-4-5-7-12(11)22-19(20)28/h4-7,10,13,15-16,23H,3,8-9H2,1-2H3,(H2,21,25)(H,22,28)/t10-,13-,15-,16+,20+/m1/s1. The van der Waals surface area contributed by atoms with Crippen LogP contribution in [0.2, 0.25) is 0 Å². The van der Waals surface area contributed by atoms with Crippen molar-refractivity contribution in [2.24, 2.45) is 17.6 Å². The molecule has 0 radical (unpaired) electrons. The lowest BCUT2D eigenvalue weighted by atomic mass is 9.76. The van der Waals surface area contributed by atoms with Gasteiger partial charge in [0.05, 0.1) is 11.8 Å². The average Bonchev–Trinajstić information content (AvgIpc) is 3.24. The molecule has 8 heteroatoms. The van der Waals surface area contributed by atoms with Crippen molar-refractivity contribution in [3.8, 4) is 0 Å². The largest absolute Gasteiger partial charge is 0.370 e. The molecule has 3 heterocycles. The molecule has 28 heavy (non-hydrogen) atoms. The Labute approximate surface area is 162 Å². The van der Waals surface area contributed by atoms with E-state index in [0.717, 1.165) is 0 Å². The Morgan fingerprint density at radius 2 is 1.96 bits per heavy atom. The molecular formula is C20H24N4O4. The number of fused-ring (bicyclic) bond motifs is 4. The second-order valence-corrected chi connectivity index (χ2v) is 7.87. The molecule has 0 unspecified atom stereocenters. The van der Waals surface area contributed by atoms with Crippen LogP contribution >= 0.6 is 0 Å². The number of benzene rings is 1. The number of hydrogen-bond donors (Lipinski definition) is 3. The van der Waals surface area contributed by atoms with Crippen molar-refractivity contribution < 1.29 is 19.2 Å². The van der Waals surface area contributed by atoms with Gasteiger partial charge in [-0.15, -0.1) is 0 Å². The van der Waals surface area contributed by atoms with Crippen molar-refractivity contribution >= 4 is 29.3 Å². The van der Waals surface area contributed by atoms with Crippen LogP contribution in [0.1, 0.15) is 38.7 Å². The first kappa shape index (κ1) is 18.6. The van der Waals surface area contributed by atoms with Crippen LogP contribution in [-0.4, -0.2) is 40.6 Å². The van der Waals surface area contributed by atoms with E-state index in [-0.39, 0.29) is 30.2 Å². The van der Waals surface area contributed by atoms with Crippen molar-refractivity contribution in [1.29, 1.82) is 0 Å². The summed E-state index contributed by atoms with van der Waals surface area (Å²) in [6.45, 7) is 3.74. The molecule has 0 aromatic heterocycles. The van der Waals surface area contributed by atoms with E-state index >= 15 is 0 Å². The molecule has 4 amide bonds. The van der Waals surface area contributed by atoms with E-state index in [4.69, 9.17) is 5.73 Å². The van der Waals surface area contributed by atoms with Gasteiger partial charge in [0.15, 0.2) is 0 Å². The van der Waals surface area contributed by atoms with E-state index < -0.39 is 29.3 Å². The van der Waals surface area contributed by atoms with Crippen molar-refractivity contribution in [3.63, 3.8) is 0 Å². The molecule has 1 aromatic carbocycles. The summed E-state index contributed by atoms with van der Waals surface area (Å²) in [6.07, 6.45) is 0.998. The number of rotatable bonds is 5. The number of para-hydroxylation sites is 1. The highest BCUT2D eigenvalue weighted by Gasteiger charge is 2.70. The molecule has 0 aliphatic carbocycles. The van der Waals surface area contributed by atoms with Crippen molar-refractivity contribution in [1.82, 2.24) is 10.2 Å². The lowest BCUT2D eigenvalue weighted by Gasteiger charge is -2.31. The Bertz CT molecular complexity index is 885. The predicted molar refractivity (Wildman–Crippen MR) is 101 cm³/mol. The van der Waals surface area contributed by atoms with Crippen LogP contribution in [0.5, 0.6) is 0 Å². The van der Waals surface area contributed by atoms with Gasteiger partial charge in [-0.05, 0) is 25.8 Å². The van der Waals surface area contributed by atoms with Gasteiger partial charge in [-0.25, -0.2) is 0 Å². The number of anilines is 1. The molecule has 2 fully saturated rings. The first-order valence-corrected chi connectivity index (χ1v) is 9.66. The predicted octanol–water partition coefficient (Wildman–Crippen LogP) is 0.471. The summed E-state index contributed by atoms with van der Waals surface area (Å²) in [5, 5.41) is 6.13. The topological polar surface area (TPSA) is 122 Å². The SMILES string of the molecule is CC[C@@H](C)N1C(=O)[C@H]2[C@@H](C1=O)[C@]1(N[C@@H]2CCC(N)=O)C(=O)Nc2ccccc21. The molecule has 3 aliphatic rings. The van der Waals surface area contributed by atoms with E-state index in [1.54, 1.807) is 12.1 Å².